The molecule has 2 nitrogen and oxygen atoms in total. The summed E-state index contributed by atoms with van der Waals surface area (Å²) in [6, 6.07) is 23.1. The van der Waals surface area contributed by atoms with Crippen molar-refractivity contribution in [2.45, 2.75) is 63.5 Å². The molecule has 1 spiro atoms. The molecule has 0 radical (unpaired) electrons. The van der Waals surface area contributed by atoms with E-state index in [2.05, 4.69) is 76.2 Å². The van der Waals surface area contributed by atoms with Gasteiger partial charge in [0.05, 0.1) is 11.2 Å². The normalized spacial score (nSPS) is 27.3. The van der Waals surface area contributed by atoms with Crippen LogP contribution in [0.1, 0.15) is 65.5 Å². The van der Waals surface area contributed by atoms with E-state index in [0.717, 1.165) is 39.7 Å². The van der Waals surface area contributed by atoms with Crippen molar-refractivity contribution in [1.82, 2.24) is 0 Å². The van der Waals surface area contributed by atoms with Gasteiger partial charge in [-0.25, -0.2) is 0 Å². The molecule has 0 saturated carbocycles. The summed E-state index contributed by atoms with van der Waals surface area (Å²) >= 11 is 0. The van der Waals surface area contributed by atoms with Gasteiger partial charge in [-0.1, -0.05) is 66.7 Å². The molecule has 0 bridgehead atoms. The highest BCUT2D eigenvalue weighted by molar-refractivity contribution is 6.62. The molecule has 0 N–H and O–H groups in total. The van der Waals surface area contributed by atoms with Crippen molar-refractivity contribution in [3.63, 3.8) is 0 Å². The molecule has 3 aliphatic rings. The summed E-state index contributed by atoms with van der Waals surface area (Å²) in [5.41, 5.74) is 5.85. The van der Waals surface area contributed by atoms with Crippen molar-refractivity contribution in [2.75, 3.05) is 0 Å². The second-order valence-electron chi connectivity index (χ2n) is 10.0. The lowest BCUT2D eigenvalue weighted by molar-refractivity contribution is 0.00578. The summed E-state index contributed by atoms with van der Waals surface area (Å²) in [6.07, 6.45) is -0.199. The van der Waals surface area contributed by atoms with E-state index in [1.54, 1.807) is 0 Å². The number of aryl methyl sites for hydroxylation is 1. The number of rotatable bonds is 1. The highest BCUT2D eigenvalue weighted by Gasteiger charge is 2.53. The van der Waals surface area contributed by atoms with Crippen molar-refractivity contribution in [3.05, 3.63) is 89.0 Å². The smallest absolute Gasteiger partial charge is 0.399 e. The summed E-state index contributed by atoms with van der Waals surface area (Å²) in [5.74, 6) is 0. The van der Waals surface area contributed by atoms with E-state index in [9.17, 15) is 2.74 Å². The molecule has 1 saturated heterocycles. The molecule has 6 rings (SSSR count). The van der Waals surface area contributed by atoms with Crippen LogP contribution in [0.3, 0.4) is 0 Å². The number of hydrogen-bond acceptors (Lipinski definition) is 2. The zero-order chi connectivity index (χ0) is 23.2. The van der Waals surface area contributed by atoms with Gasteiger partial charge in [0.2, 0.25) is 0 Å². The average Bonchev–Trinajstić information content (AvgIpc) is 3.19. The topological polar surface area (TPSA) is 18.5 Å². The van der Waals surface area contributed by atoms with Gasteiger partial charge in [-0.3, -0.25) is 0 Å². The molecule has 1 heterocycles. The Morgan fingerprint density at radius 3 is 2.19 bits per heavy atom. The van der Waals surface area contributed by atoms with E-state index < -0.39 is 30.1 Å². The van der Waals surface area contributed by atoms with Crippen LogP contribution in [0, 0.1) is 0 Å². The Hall–Kier alpha value is -2.36. The Kier molecular flexibility index (Phi) is 3.52. The zero-order valence-corrected chi connectivity index (χ0v) is 18.7. The van der Waals surface area contributed by atoms with E-state index in [4.69, 9.17) is 9.31 Å². The van der Waals surface area contributed by atoms with Crippen LogP contribution < -0.4 is 5.46 Å². The van der Waals surface area contributed by atoms with Crippen LogP contribution in [0.2, 0.25) is 0 Å². The molecule has 1 aliphatic heterocycles. The number of benzene rings is 3. The van der Waals surface area contributed by atoms with Crippen LogP contribution in [-0.4, -0.2) is 18.3 Å². The molecule has 0 amide bonds. The zero-order valence-electron chi connectivity index (χ0n) is 20.7. The predicted octanol–water partition coefficient (Wildman–Crippen LogP) is 5.64. The first kappa shape index (κ1) is 17.2. The van der Waals surface area contributed by atoms with Gasteiger partial charge in [0.25, 0.3) is 0 Å². The molecule has 1 unspecified atom stereocenters. The predicted molar refractivity (Wildman–Crippen MR) is 127 cm³/mol. The fraction of sp³-hybridized carbons (Fsp3) is 0.357. The molecular weight excluding hydrogens is 379 g/mol. The van der Waals surface area contributed by atoms with E-state index in [-0.39, 0.29) is 0 Å². The first-order valence-electron chi connectivity index (χ1n) is 12.3. The SMILES string of the molecule is [2H]C1([2H])CCc2ccccc2C12c1ccccc1-c1ccc(B3OC(C)(C)C(C)(C)O3)cc12. The molecule has 31 heavy (non-hydrogen) atoms. The van der Waals surface area contributed by atoms with Gasteiger partial charge >= 0.3 is 7.12 Å². The molecule has 3 heteroatoms. The maximum absolute atomic E-state index is 9.37. The third-order valence-electron chi connectivity index (χ3n) is 7.80. The highest BCUT2D eigenvalue weighted by atomic mass is 16.7. The van der Waals surface area contributed by atoms with Crippen molar-refractivity contribution < 1.29 is 12.1 Å². The first-order valence-corrected chi connectivity index (χ1v) is 11.3. The van der Waals surface area contributed by atoms with Crippen molar-refractivity contribution >= 4 is 12.6 Å². The maximum Gasteiger partial charge on any atom is 0.494 e. The van der Waals surface area contributed by atoms with Crippen LogP contribution in [0.4, 0.5) is 0 Å². The fourth-order valence-electron chi connectivity index (χ4n) is 5.49. The molecule has 1 atom stereocenters. The lowest BCUT2D eigenvalue weighted by Crippen LogP contribution is -2.41. The minimum atomic E-state index is -1.43. The highest BCUT2D eigenvalue weighted by Crippen LogP contribution is 2.57. The lowest BCUT2D eigenvalue weighted by Gasteiger charge is -2.38. The van der Waals surface area contributed by atoms with Crippen LogP contribution >= 0.6 is 0 Å². The van der Waals surface area contributed by atoms with Gasteiger partial charge < -0.3 is 9.31 Å². The van der Waals surface area contributed by atoms with E-state index in [1.807, 2.05) is 18.2 Å². The first-order chi connectivity index (χ1) is 15.6. The summed E-state index contributed by atoms with van der Waals surface area (Å²) < 4.78 is 31.5. The Morgan fingerprint density at radius 2 is 1.42 bits per heavy atom. The summed E-state index contributed by atoms with van der Waals surface area (Å²) in [7, 11) is -0.481. The van der Waals surface area contributed by atoms with Crippen LogP contribution in [0.15, 0.2) is 66.7 Å². The van der Waals surface area contributed by atoms with E-state index in [1.165, 1.54) is 5.56 Å². The molecule has 1 fully saturated rings. The van der Waals surface area contributed by atoms with Gasteiger partial charge in [-0.2, -0.15) is 0 Å². The molecule has 0 aromatic heterocycles. The molecule has 3 aromatic carbocycles. The molecular formula is C28H29BO2. The van der Waals surface area contributed by atoms with Crippen molar-refractivity contribution in [2.24, 2.45) is 0 Å². The van der Waals surface area contributed by atoms with E-state index in [0.29, 0.717) is 6.42 Å². The second-order valence-corrected chi connectivity index (χ2v) is 10.0. The molecule has 3 aromatic rings. The number of hydrogen-bond donors (Lipinski definition) is 0. The number of fused-ring (bicyclic) bond motifs is 7. The lowest BCUT2D eigenvalue weighted by atomic mass is 9.63. The third-order valence-corrected chi connectivity index (χ3v) is 7.80. The van der Waals surface area contributed by atoms with Gasteiger partial charge in [-0.15, -0.1) is 0 Å². The second kappa shape index (κ2) is 6.34. The summed E-state index contributed by atoms with van der Waals surface area (Å²) in [4.78, 5) is 0. The summed E-state index contributed by atoms with van der Waals surface area (Å²) in [6.45, 7) is 8.25. The van der Waals surface area contributed by atoms with Crippen molar-refractivity contribution in [1.29, 1.82) is 0 Å². The quantitative estimate of drug-likeness (QED) is 0.484. The van der Waals surface area contributed by atoms with Gasteiger partial charge in [0, 0.05) is 8.16 Å². The minimum absolute atomic E-state index is 0.427. The largest absolute Gasteiger partial charge is 0.494 e. The molecule has 2 aliphatic carbocycles. The van der Waals surface area contributed by atoms with E-state index >= 15 is 0 Å². The fourth-order valence-corrected chi connectivity index (χ4v) is 5.49. The van der Waals surface area contributed by atoms with Gasteiger partial charge in [-0.05, 0) is 85.8 Å². The van der Waals surface area contributed by atoms with Crippen LogP contribution in [0.5, 0.6) is 0 Å². The standard InChI is InChI=1S/C28H29BO2/c1-26(2)27(3,4)31-29(30-26)20-15-16-22-21-12-6-8-14-24(21)28(25(22)18-20)17-9-11-19-10-5-7-13-23(19)28/h5-8,10,12-16,18H,9,11,17H2,1-4H3/i17D2. The van der Waals surface area contributed by atoms with Crippen LogP contribution in [0.25, 0.3) is 11.1 Å². The summed E-state index contributed by atoms with van der Waals surface area (Å²) in [5, 5.41) is 0. The Bertz CT molecular complexity index is 1270. The minimum Gasteiger partial charge on any atom is -0.399 e. The van der Waals surface area contributed by atoms with Gasteiger partial charge in [0.1, 0.15) is 0 Å². The Morgan fingerprint density at radius 1 is 0.774 bits per heavy atom. The molecule has 156 valence electrons. The van der Waals surface area contributed by atoms with Crippen molar-refractivity contribution in [3.8, 4) is 11.1 Å². The average molecular weight is 410 g/mol. The van der Waals surface area contributed by atoms with Gasteiger partial charge in [0.15, 0.2) is 0 Å². The maximum atomic E-state index is 9.37. The van der Waals surface area contributed by atoms with Crippen LogP contribution in [-0.2, 0) is 21.1 Å². The third kappa shape index (κ3) is 2.54. The Balaban J connectivity index is 1.63. The Labute approximate surface area is 188 Å². The monoisotopic (exact) mass is 410 g/mol.